The van der Waals surface area contributed by atoms with Crippen molar-refractivity contribution in [2.75, 3.05) is 0 Å². The summed E-state index contributed by atoms with van der Waals surface area (Å²) in [4.78, 5) is 17.7. The zero-order valence-electron chi connectivity index (χ0n) is 23.5. The Labute approximate surface area is 256 Å². The predicted octanol–water partition coefficient (Wildman–Crippen LogP) is 4.18. The van der Waals surface area contributed by atoms with Gasteiger partial charge in [0.15, 0.2) is 0 Å². The summed E-state index contributed by atoms with van der Waals surface area (Å²) in [7, 11) is -3.90. The van der Waals surface area contributed by atoms with E-state index in [0.29, 0.717) is 39.5 Å². The number of aromatic nitrogens is 5. The Balaban J connectivity index is 1.18. The summed E-state index contributed by atoms with van der Waals surface area (Å²) in [6, 6.07) is 23.7. The molecule has 0 spiro atoms. The molecule has 1 amide bonds. The molecule has 3 N–H and O–H groups in total. The van der Waals surface area contributed by atoms with E-state index in [4.69, 9.17) is 14.4 Å². The smallest absolute Gasteiger partial charge is 0.265 e. The number of hydrogen-bond donors (Lipinski definition) is 2. The van der Waals surface area contributed by atoms with Gasteiger partial charge < -0.3 is 14.6 Å². The maximum Gasteiger partial charge on any atom is 0.265 e. The zero-order chi connectivity index (χ0) is 30.7. The van der Waals surface area contributed by atoms with E-state index in [9.17, 15) is 13.2 Å². The maximum absolute atomic E-state index is 13.6. The van der Waals surface area contributed by atoms with Crippen LogP contribution in [0.2, 0.25) is 0 Å². The van der Waals surface area contributed by atoms with Crippen LogP contribution in [0.4, 0.5) is 0 Å². The second-order valence-corrected chi connectivity index (χ2v) is 12.8. The van der Waals surface area contributed by atoms with Crippen LogP contribution in [0.5, 0.6) is 5.75 Å². The lowest BCUT2D eigenvalue weighted by Gasteiger charge is -2.17. The summed E-state index contributed by atoms with van der Waals surface area (Å²) in [6.45, 7) is 2.12. The molecule has 3 aromatic carbocycles. The van der Waals surface area contributed by atoms with E-state index in [-0.39, 0.29) is 23.4 Å². The van der Waals surface area contributed by atoms with E-state index < -0.39 is 16.1 Å². The standard InChI is InChI=1S/C30H27N7O5S2/c1-19-24(28(35-42-19)21-10-6-3-7-11-21)16-32-29(38)26(14-20-8-4-2-5-9-20)37-17-22(34-36-37)18-41-23-12-13-25-27(15-23)43-30(33-25)44(31,39)40/h2-13,15,17,26H,14,16,18H2,1H3,(H,32,38)(H2,31,39,40)/t26-/m0/s1. The zero-order valence-corrected chi connectivity index (χ0v) is 25.1. The molecule has 0 saturated heterocycles. The van der Waals surface area contributed by atoms with E-state index in [1.165, 1.54) is 4.68 Å². The van der Waals surface area contributed by atoms with Crippen molar-refractivity contribution in [3.05, 3.63) is 108 Å². The van der Waals surface area contributed by atoms with Gasteiger partial charge in [-0.15, -0.1) is 16.4 Å². The number of aryl methyl sites for hydroxylation is 1. The Morgan fingerprint density at radius 2 is 1.84 bits per heavy atom. The topological polar surface area (TPSA) is 168 Å². The van der Waals surface area contributed by atoms with Crippen LogP contribution in [-0.4, -0.2) is 39.5 Å². The average Bonchev–Trinajstić information content (AvgIpc) is 3.77. The minimum atomic E-state index is -3.90. The number of carbonyl (C=O) groups is 1. The molecule has 0 unspecified atom stereocenters. The molecule has 44 heavy (non-hydrogen) atoms. The van der Waals surface area contributed by atoms with Gasteiger partial charge in [0.1, 0.15) is 35.5 Å². The van der Waals surface area contributed by atoms with Crippen molar-refractivity contribution in [3.8, 4) is 17.0 Å². The number of nitrogens with two attached hydrogens (primary N) is 1. The highest BCUT2D eigenvalue weighted by Gasteiger charge is 2.24. The van der Waals surface area contributed by atoms with Gasteiger partial charge in [0.05, 0.1) is 16.4 Å². The van der Waals surface area contributed by atoms with Crippen molar-refractivity contribution in [2.24, 2.45) is 5.14 Å². The van der Waals surface area contributed by atoms with Crippen LogP contribution in [0, 0.1) is 6.92 Å². The number of carbonyl (C=O) groups excluding carboxylic acids is 1. The molecule has 1 atom stereocenters. The van der Waals surface area contributed by atoms with Gasteiger partial charge in [0, 0.05) is 24.1 Å². The number of rotatable bonds is 11. The van der Waals surface area contributed by atoms with Crippen LogP contribution in [0.1, 0.15) is 28.6 Å². The molecule has 224 valence electrons. The second-order valence-electron chi connectivity index (χ2n) is 9.99. The van der Waals surface area contributed by atoms with Crippen LogP contribution in [0.25, 0.3) is 21.5 Å². The van der Waals surface area contributed by atoms with E-state index in [0.717, 1.165) is 28.0 Å². The fraction of sp³-hybridized carbons (Fsp3) is 0.167. The van der Waals surface area contributed by atoms with Crippen molar-refractivity contribution in [1.82, 2.24) is 30.5 Å². The van der Waals surface area contributed by atoms with Crippen molar-refractivity contribution in [3.63, 3.8) is 0 Å². The number of fused-ring (bicyclic) bond motifs is 1. The molecule has 3 aromatic heterocycles. The number of amides is 1. The van der Waals surface area contributed by atoms with Gasteiger partial charge in [-0.1, -0.05) is 71.0 Å². The maximum atomic E-state index is 13.6. The van der Waals surface area contributed by atoms with Crippen molar-refractivity contribution in [1.29, 1.82) is 0 Å². The van der Waals surface area contributed by atoms with Crippen LogP contribution < -0.4 is 15.2 Å². The lowest BCUT2D eigenvalue weighted by Crippen LogP contribution is -2.34. The summed E-state index contributed by atoms with van der Waals surface area (Å²) in [5.41, 5.74) is 4.35. The monoisotopic (exact) mass is 629 g/mol. The number of primary sulfonamides is 1. The van der Waals surface area contributed by atoms with E-state index in [2.05, 4.69) is 25.8 Å². The van der Waals surface area contributed by atoms with E-state index in [1.807, 2.05) is 67.6 Å². The molecule has 14 heteroatoms. The molecule has 0 aliphatic rings. The molecule has 0 radical (unpaired) electrons. The minimum Gasteiger partial charge on any atom is -0.487 e. The first-order valence-electron chi connectivity index (χ1n) is 13.5. The summed E-state index contributed by atoms with van der Waals surface area (Å²) in [5, 5.41) is 20.9. The van der Waals surface area contributed by atoms with Crippen molar-refractivity contribution >= 4 is 37.5 Å². The molecule has 6 rings (SSSR count). The molecule has 0 saturated carbocycles. The number of thiazole rings is 1. The SMILES string of the molecule is Cc1onc(-c2ccccc2)c1CNC(=O)[C@H](Cc1ccccc1)n1cc(COc2ccc3nc(S(N)(=O)=O)sc3c2)nn1. The Kier molecular flexibility index (Phi) is 8.19. The van der Waals surface area contributed by atoms with Gasteiger partial charge >= 0.3 is 0 Å². The summed E-state index contributed by atoms with van der Waals surface area (Å²) in [5.74, 6) is 0.877. The highest BCUT2D eigenvalue weighted by atomic mass is 32.2. The van der Waals surface area contributed by atoms with Gasteiger partial charge in [-0.3, -0.25) is 4.79 Å². The molecule has 12 nitrogen and oxygen atoms in total. The van der Waals surface area contributed by atoms with Gasteiger partial charge in [-0.2, -0.15) is 0 Å². The summed E-state index contributed by atoms with van der Waals surface area (Å²) < 4.78 is 36.6. The summed E-state index contributed by atoms with van der Waals surface area (Å²) >= 11 is 0.966. The Bertz CT molecular complexity index is 2020. The Morgan fingerprint density at radius 1 is 1.09 bits per heavy atom. The number of benzene rings is 3. The fourth-order valence-corrected chi connectivity index (χ4v) is 6.33. The molecule has 0 aliphatic carbocycles. The summed E-state index contributed by atoms with van der Waals surface area (Å²) in [6.07, 6.45) is 2.07. The van der Waals surface area contributed by atoms with Crippen LogP contribution in [0.15, 0.2) is 93.9 Å². The first-order valence-corrected chi connectivity index (χ1v) is 15.9. The highest BCUT2D eigenvalue weighted by molar-refractivity contribution is 7.91. The van der Waals surface area contributed by atoms with Crippen LogP contribution >= 0.6 is 11.3 Å². The van der Waals surface area contributed by atoms with Gasteiger partial charge in [0.2, 0.25) is 10.2 Å². The quantitative estimate of drug-likeness (QED) is 0.214. The highest BCUT2D eigenvalue weighted by Crippen LogP contribution is 2.29. The Morgan fingerprint density at radius 3 is 2.59 bits per heavy atom. The first kappa shape index (κ1) is 29.2. The van der Waals surface area contributed by atoms with Gasteiger partial charge in [-0.25, -0.2) is 23.2 Å². The molecule has 3 heterocycles. The number of nitrogens with one attached hydrogen (secondary N) is 1. The lowest BCUT2D eigenvalue weighted by molar-refractivity contribution is -0.124. The van der Waals surface area contributed by atoms with Crippen LogP contribution in [-0.2, 0) is 34.4 Å². The van der Waals surface area contributed by atoms with Crippen molar-refractivity contribution < 1.29 is 22.5 Å². The predicted molar refractivity (Wildman–Crippen MR) is 163 cm³/mol. The third kappa shape index (κ3) is 6.51. The molecule has 0 bridgehead atoms. The van der Waals surface area contributed by atoms with E-state index >= 15 is 0 Å². The van der Waals surface area contributed by atoms with Crippen LogP contribution in [0.3, 0.4) is 0 Å². The Hall–Kier alpha value is -4.92. The lowest BCUT2D eigenvalue weighted by atomic mass is 10.0. The third-order valence-corrected chi connectivity index (χ3v) is 9.23. The first-order chi connectivity index (χ1) is 21.2. The second kappa shape index (κ2) is 12.4. The normalized spacial score (nSPS) is 12.3. The number of sulfonamides is 1. The number of nitrogens with zero attached hydrogens (tertiary/aromatic N) is 5. The number of hydrogen-bond acceptors (Lipinski definition) is 10. The number of ether oxygens (including phenoxy) is 1. The molecule has 6 aromatic rings. The molecule has 0 aliphatic heterocycles. The average molecular weight is 630 g/mol. The largest absolute Gasteiger partial charge is 0.487 e. The van der Waals surface area contributed by atoms with E-state index in [1.54, 1.807) is 24.4 Å². The molecule has 0 fully saturated rings. The van der Waals surface area contributed by atoms with Gasteiger partial charge in [-0.05, 0) is 30.7 Å². The third-order valence-electron chi connectivity index (χ3n) is 6.89. The molecular formula is C30H27N7O5S2. The van der Waals surface area contributed by atoms with Gasteiger partial charge in [0.25, 0.3) is 10.0 Å². The van der Waals surface area contributed by atoms with Crippen molar-refractivity contribution in [2.45, 2.75) is 36.9 Å². The fourth-order valence-electron chi connectivity index (χ4n) is 4.64. The minimum absolute atomic E-state index is 0.0757. The molecular weight excluding hydrogens is 603 g/mol.